The largest absolute Gasteiger partial charge is 0.256 e. The first-order valence-electron chi connectivity index (χ1n) is 3.50. The van der Waals surface area contributed by atoms with Gasteiger partial charge in [0, 0.05) is 26.9 Å². The fourth-order valence-corrected chi connectivity index (χ4v) is 1.31. The quantitative estimate of drug-likeness (QED) is 0.457. The average molecular weight is 180 g/mol. The zero-order valence-corrected chi connectivity index (χ0v) is 8.11. The Morgan fingerprint density at radius 2 is 1.91 bits per heavy atom. The summed E-state index contributed by atoms with van der Waals surface area (Å²) < 4.78 is 21.3. The molecule has 0 saturated carbocycles. The lowest BCUT2D eigenvalue weighted by molar-refractivity contribution is 0.291. The van der Waals surface area contributed by atoms with Gasteiger partial charge in [-0.3, -0.25) is 10.4 Å². The highest BCUT2D eigenvalue weighted by molar-refractivity contribution is 7.90. The van der Waals surface area contributed by atoms with Crippen molar-refractivity contribution in [1.82, 2.24) is 10.4 Å². The Morgan fingerprint density at radius 1 is 1.36 bits per heavy atom. The van der Waals surface area contributed by atoms with Gasteiger partial charge in [0.05, 0.1) is 5.75 Å². The minimum absolute atomic E-state index is 0.258. The van der Waals surface area contributed by atoms with E-state index in [1.165, 1.54) is 6.26 Å². The third-order valence-corrected chi connectivity index (χ3v) is 2.15. The summed E-state index contributed by atoms with van der Waals surface area (Å²) in [6.45, 7) is 0.708. The molecule has 0 amide bonds. The van der Waals surface area contributed by atoms with Crippen LogP contribution in [0.15, 0.2) is 0 Å². The second-order valence-electron chi connectivity index (χ2n) is 2.79. The molecule has 0 aromatic carbocycles. The molecule has 0 unspecified atom stereocenters. The molecule has 11 heavy (non-hydrogen) atoms. The molecule has 5 heteroatoms. The minimum Gasteiger partial charge on any atom is -0.256 e. The van der Waals surface area contributed by atoms with E-state index in [4.69, 9.17) is 0 Å². The van der Waals surface area contributed by atoms with Gasteiger partial charge in [0.25, 0.3) is 0 Å². The number of sulfone groups is 1. The summed E-state index contributed by atoms with van der Waals surface area (Å²) in [6.07, 6.45) is 1.92. The number of nitrogens with zero attached hydrogens (tertiary/aromatic N) is 1. The Hall–Kier alpha value is -0.130. The highest BCUT2D eigenvalue weighted by atomic mass is 32.2. The molecule has 0 aliphatic carbocycles. The minimum atomic E-state index is -2.78. The maximum Gasteiger partial charge on any atom is 0.147 e. The average Bonchev–Trinajstić information content (AvgIpc) is 1.78. The summed E-state index contributed by atoms with van der Waals surface area (Å²) in [5.74, 6) is 0.258. The van der Waals surface area contributed by atoms with E-state index in [0.29, 0.717) is 13.0 Å². The summed E-state index contributed by atoms with van der Waals surface area (Å²) in [7, 11) is 0.970. The molecule has 1 N–H and O–H groups in total. The molecule has 0 bridgehead atoms. The molecule has 4 nitrogen and oxygen atoms in total. The fraction of sp³-hybridized carbons (Fsp3) is 1.00. The van der Waals surface area contributed by atoms with Gasteiger partial charge in [-0.25, -0.2) is 8.42 Å². The van der Waals surface area contributed by atoms with E-state index in [1.807, 2.05) is 19.1 Å². The van der Waals surface area contributed by atoms with Gasteiger partial charge in [-0.1, -0.05) is 0 Å². The van der Waals surface area contributed by atoms with Gasteiger partial charge >= 0.3 is 0 Å². The van der Waals surface area contributed by atoms with E-state index < -0.39 is 9.84 Å². The lowest BCUT2D eigenvalue weighted by atomic mass is 10.5. The van der Waals surface area contributed by atoms with Crippen molar-refractivity contribution in [3.8, 4) is 0 Å². The summed E-state index contributed by atoms with van der Waals surface area (Å²) in [6, 6.07) is 0. The first-order chi connectivity index (χ1) is 4.92. The van der Waals surface area contributed by atoms with Gasteiger partial charge in [0.1, 0.15) is 9.84 Å². The van der Waals surface area contributed by atoms with E-state index in [1.54, 1.807) is 0 Å². The van der Waals surface area contributed by atoms with Gasteiger partial charge in [-0.2, -0.15) is 0 Å². The van der Waals surface area contributed by atoms with E-state index in [9.17, 15) is 8.42 Å². The van der Waals surface area contributed by atoms with Gasteiger partial charge in [0.15, 0.2) is 0 Å². The van der Waals surface area contributed by atoms with Crippen molar-refractivity contribution in [2.75, 3.05) is 32.6 Å². The predicted octanol–water partition coefficient (Wildman–Crippen LogP) is -0.513. The lowest BCUT2D eigenvalue weighted by Gasteiger charge is -2.10. The standard InChI is InChI=1S/C6H16N2O2S/c1-8(2)7-5-4-6-11(3,9)10/h7H,4-6H2,1-3H3. The van der Waals surface area contributed by atoms with Crippen LogP contribution in [0.2, 0.25) is 0 Å². The van der Waals surface area contributed by atoms with E-state index >= 15 is 0 Å². The molecule has 0 aliphatic heterocycles. The van der Waals surface area contributed by atoms with E-state index in [2.05, 4.69) is 5.43 Å². The Balaban J connectivity index is 3.30. The smallest absolute Gasteiger partial charge is 0.147 e. The molecule has 0 heterocycles. The van der Waals surface area contributed by atoms with Gasteiger partial charge < -0.3 is 0 Å². The third kappa shape index (κ3) is 9.87. The molecular weight excluding hydrogens is 164 g/mol. The maximum atomic E-state index is 10.6. The molecule has 0 atom stereocenters. The number of nitrogens with one attached hydrogen (secondary N) is 1. The van der Waals surface area contributed by atoms with Gasteiger partial charge in [-0.15, -0.1) is 0 Å². The zero-order valence-electron chi connectivity index (χ0n) is 7.29. The molecule has 0 aliphatic rings. The van der Waals surface area contributed by atoms with Crippen molar-refractivity contribution in [1.29, 1.82) is 0 Å². The highest BCUT2D eigenvalue weighted by Gasteiger charge is 2.00. The second kappa shape index (κ2) is 4.69. The number of hydrogen-bond donors (Lipinski definition) is 1. The van der Waals surface area contributed by atoms with Crippen LogP contribution in [-0.2, 0) is 9.84 Å². The van der Waals surface area contributed by atoms with Crippen LogP contribution in [0.4, 0.5) is 0 Å². The number of hydrogen-bond acceptors (Lipinski definition) is 4. The van der Waals surface area contributed by atoms with Crippen molar-refractivity contribution in [2.45, 2.75) is 6.42 Å². The van der Waals surface area contributed by atoms with Crippen LogP contribution in [0.1, 0.15) is 6.42 Å². The number of hydrazine groups is 1. The summed E-state index contributed by atoms with van der Waals surface area (Å²) in [4.78, 5) is 0. The van der Waals surface area contributed by atoms with Crippen LogP contribution < -0.4 is 5.43 Å². The Labute approximate surface area is 68.5 Å². The number of rotatable bonds is 5. The van der Waals surface area contributed by atoms with Crippen molar-refractivity contribution >= 4 is 9.84 Å². The molecule has 0 aromatic rings. The molecule has 0 spiro atoms. The summed E-state index contributed by atoms with van der Waals surface area (Å²) in [5.41, 5.74) is 2.99. The topological polar surface area (TPSA) is 49.4 Å². The molecular formula is C6H16N2O2S. The molecule has 0 rings (SSSR count). The molecule has 0 saturated heterocycles. The van der Waals surface area contributed by atoms with Gasteiger partial charge in [-0.05, 0) is 6.42 Å². The Kier molecular flexibility index (Phi) is 4.63. The Bertz CT molecular complexity index is 187. The van der Waals surface area contributed by atoms with Gasteiger partial charge in [0.2, 0.25) is 0 Å². The monoisotopic (exact) mass is 180 g/mol. The summed E-state index contributed by atoms with van der Waals surface area (Å²) in [5, 5.41) is 1.81. The lowest BCUT2D eigenvalue weighted by Crippen LogP contribution is -2.31. The molecule has 0 aromatic heterocycles. The molecule has 0 radical (unpaired) electrons. The van der Waals surface area contributed by atoms with Crippen molar-refractivity contribution < 1.29 is 8.42 Å². The highest BCUT2D eigenvalue weighted by Crippen LogP contribution is 1.86. The third-order valence-electron chi connectivity index (χ3n) is 1.12. The Morgan fingerprint density at radius 3 is 2.27 bits per heavy atom. The van der Waals surface area contributed by atoms with Crippen molar-refractivity contribution in [2.24, 2.45) is 0 Å². The van der Waals surface area contributed by atoms with Crippen molar-refractivity contribution in [3.63, 3.8) is 0 Å². The second-order valence-corrected chi connectivity index (χ2v) is 5.05. The van der Waals surface area contributed by atoms with E-state index in [0.717, 1.165) is 0 Å². The van der Waals surface area contributed by atoms with E-state index in [-0.39, 0.29) is 5.75 Å². The van der Waals surface area contributed by atoms with Crippen LogP contribution in [0.3, 0.4) is 0 Å². The first kappa shape index (κ1) is 10.9. The maximum absolute atomic E-state index is 10.6. The summed E-state index contributed by atoms with van der Waals surface area (Å²) >= 11 is 0. The van der Waals surface area contributed by atoms with Crippen LogP contribution in [0, 0.1) is 0 Å². The normalized spacial score (nSPS) is 12.4. The fourth-order valence-electron chi connectivity index (χ4n) is 0.637. The van der Waals surface area contributed by atoms with Crippen LogP contribution in [-0.4, -0.2) is 46.1 Å². The SMILES string of the molecule is CN(C)NCCCS(C)(=O)=O. The zero-order chi connectivity index (χ0) is 8.91. The predicted molar refractivity (Wildman–Crippen MR) is 46.0 cm³/mol. The van der Waals surface area contributed by atoms with Crippen LogP contribution in [0.5, 0.6) is 0 Å². The first-order valence-corrected chi connectivity index (χ1v) is 5.56. The molecule has 68 valence electrons. The van der Waals surface area contributed by atoms with Crippen LogP contribution >= 0.6 is 0 Å². The van der Waals surface area contributed by atoms with Crippen molar-refractivity contribution in [3.05, 3.63) is 0 Å². The van der Waals surface area contributed by atoms with Crippen LogP contribution in [0.25, 0.3) is 0 Å². The molecule has 0 fully saturated rings.